The van der Waals surface area contributed by atoms with Gasteiger partial charge >= 0.3 is 0 Å². The second-order valence-corrected chi connectivity index (χ2v) is 9.00. The third-order valence-corrected chi connectivity index (χ3v) is 7.47. The Labute approximate surface area is 119 Å². The molecule has 2 rings (SSSR count). The van der Waals surface area contributed by atoms with Crippen molar-refractivity contribution < 1.29 is 0 Å². The van der Waals surface area contributed by atoms with Crippen LogP contribution in [-0.4, -0.2) is 20.3 Å². The first-order chi connectivity index (χ1) is 9.20. The molecule has 0 bridgehead atoms. The van der Waals surface area contributed by atoms with Crippen LogP contribution in [0, 0.1) is 0 Å². The quantitative estimate of drug-likeness (QED) is 0.682. The average molecular weight is 291 g/mol. The molecule has 0 spiro atoms. The molecular weight excluding hydrogens is 268 g/mol. The molecule has 0 saturated carbocycles. The number of unbranched alkanes of at least 4 members (excludes halogenated alkanes) is 1. The molecule has 19 heavy (non-hydrogen) atoms. The Morgan fingerprint density at radius 2 is 1.58 bits per heavy atom. The summed E-state index contributed by atoms with van der Waals surface area (Å²) in [4.78, 5) is 2.15. The van der Waals surface area contributed by atoms with Crippen molar-refractivity contribution >= 4 is 26.8 Å². The van der Waals surface area contributed by atoms with Crippen LogP contribution in [0.3, 0.4) is 0 Å². The van der Waals surface area contributed by atoms with E-state index in [-0.39, 0.29) is 15.8 Å². The van der Waals surface area contributed by atoms with Gasteiger partial charge in [-0.05, 0) is 37.9 Å². The lowest BCUT2D eigenvalue weighted by Gasteiger charge is -2.19. The highest BCUT2D eigenvalue weighted by Gasteiger charge is 2.10. The molecule has 1 nitrogen and oxygen atoms in total. The monoisotopic (exact) mass is 291 g/mol. The molecule has 0 radical (unpaired) electrons. The van der Waals surface area contributed by atoms with Crippen LogP contribution >= 0.6 is 15.8 Å². The van der Waals surface area contributed by atoms with E-state index < -0.39 is 0 Å². The third-order valence-electron chi connectivity index (χ3n) is 3.27. The molecule has 0 aromatic heterocycles. The lowest BCUT2D eigenvalue weighted by atomic mass is 10.3. The largest absolute Gasteiger partial charge is 0.378 e. The van der Waals surface area contributed by atoms with Gasteiger partial charge in [0.25, 0.3) is 0 Å². The minimum atomic E-state index is -0.204. The van der Waals surface area contributed by atoms with E-state index >= 15 is 0 Å². The van der Waals surface area contributed by atoms with E-state index in [1.54, 1.807) is 0 Å². The molecule has 0 fully saturated rings. The van der Waals surface area contributed by atoms with Gasteiger partial charge in [0.05, 0.1) is 0 Å². The predicted octanol–water partition coefficient (Wildman–Crippen LogP) is 5.10. The Balaban J connectivity index is 1.99. The first-order valence-electron chi connectivity index (χ1n) is 6.89. The van der Waals surface area contributed by atoms with Gasteiger partial charge in [-0.1, -0.05) is 56.7 Å². The van der Waals surface area contributed by atoms with Crippen molar-refractivity contribution in [2.45, 2.75) is 19.8 Å². The standard InChI is InChI=1S/C16H23NP2/c1-4-5-10-18-11-13-19(14-12-18)16-8-6-15(7-9-16)17(2)3/h6-9,11-14H,4-5,10H2,1-3H3. The number of hydrogen-bond acceptors (Lipinski definition) is 1. The molecule has 0 amide bonds. The Kier molecular flexibility index (Phi) is 5.61. The van der Waals surface area contributed by atoms with Gasteiger partial charge in [0.15, 0.2) is 0 Å². The summed E-state index contributed by atoms with van der Waals surface area (Å²) >= 11 is 0. The molecule has 0 saturated heterocycles. The first-order valence-corrected chi connectivity index (χ1v) is 10.0. The molecule has 1 aromatic rings. The summed E-state index contributed by atoms with van der Waals surface area (Å²) < 4.78 is 0. The maximum absolute atomic E-state index is 2.47. The van der Waals surface area contributed by atoms with Crippen LogP contribution in [0.1, 0.15) is 19.8 Å². The average Bonchev–Trinajstić information content (AvgIpc) is 2.46. The van der Waals surface area contributed by atoms with Crippen molar-refractivity contribution in [2.75, 3.05) is 25.2 Å². The van der Waals surface area contributed by atoms with Crippen LogP contribution < -0.4 is 10.2 Å². The molecule has 1 aromatic carbocycles. The fourth-order valence-corrected chi connectivity index (χ4v) is 6.53. The van der Waals surface area contributed by atoms with Crippen LogP contribution in [0.5, 0.6) is 0 Å². The summed E-state index contributed by atoms with van der Waals surface area (Å²) in [5.74, 6) is 9.83. The summed E-state index contributed by atoms with van der Waals surface area (Å²) in [7, 11) is 4.00. The number of hydrogen-bond donors (Lipinski definition) is 0. The van der Waals surface area contributed by atoms with Crippen LogP contribution in [-0.2, 0) is 0 Å². The van der Waals surface area contributed by atoms with Gasteiger partial charge < -0.3 is 4.90 Å². The van der Waals surface area contributed by atoms with Gasteiger partial charge in [0.1, 0.15) is 0 Å². The number of benzene rings is 1. The van der Waals surface area contributed by atoms with Crippen LogP contribution in [0.2, 0.25) is 0 Å². The molecule has 0 N–H and O–H groups in total. The normalized spacial score (nSPS) is 21.6. The van der Waals surface area contributed by atoms with Crippen molar-refractivity contribution in [2.24, 2.45) is 0 Å². The Morgan fingerprint density at radius 3 is 2.11 bits per heavy atom. The summed E-state index contributed by atoms with van der Waals surface area (Å²) in [5.41, 5.74) is 1.27. The number of rotatable bonds is 5. The molecule has 0 atom stereocenters. The molecule has 0 aliphatic carbocycles. The first kappa shape index (κ1) is 14.8. The summed E-state index contributed by atoms with van der Waals surface area (Å²) in [5, 5.41) is 1.46. The van der Waals surface area contributed by atoms with E-state index in [2.05, 4.69) is 73.5 Å². The zero-order valence-corrected chi connectivity index (χ0v) is 13.9. The van der Waals surface area contributed by atoms with Crippen LogP contribution in [0.25, 0.3) is 0 Å². The van der Waals surface area contributed by atoms with Gasteiger partial charge in [-0.2, -0.15) is 0 Å². The van der Waals surface area contributed by atoms with Gasteiger partial charge in [0, 0.05) is 19.8 Å². The summed E-state index contributed by atoms with van der Waals surface area (Å²) in [6.07, 6.45) is 4.03. The third kappa shape index (κ3) is 4.16. The zero-order valence-electron chi connectivity index (χ0n) is 12.1. The van der Waals surface area contributed by atoms with E-state index in [9.17, 15) is 0 Å². The second kappa shape index (κ2) is 7.22. The van der Waals surface area contributed by atoms with Crippen molar-refractivity contribution in [3.63, 3.8) is 0 Å². The number of anilines is 1. The predicted molar refractivity (Wildman–Crippen MR) is 92.3 cm³/mol. The highest BCUT2D eigenvalue weighted by molar-refractivity contribution is 7.75. The minimum Gasteiger partial charge on any atom is -0.378 e. The van der Waals surface area contributed by atoms with Gasteiger partial charge in [-0.25, -0.2) is 0 Å². The molecular formula is C16H23NP2. The zero-order chi connectivity index (χ0) is 13.7. The second-order valence-electron chi connectivity index (χ2n) is 5.01. The molecule has 3 heteroatoms. The van der Waals surface area contributed by atoms with E-state index in [0.717, 1.165) is 0 Å². The molecule has 0 unspecified atom stereocenters. The van der Waals surface area contributed by atoms with E-state index in [1.165, 1.54) is 30.0 Å². The molecule has 102 valence electrons. The maximum atomic E-state index is 2.47. The van der Waals surface area contributed by atoms with Gasteiger partial charge in [-0.3, -0.25) is 0 Å². The minimum absolute atomic E-state index is 0.0357. The van der Waals surface area contributed by atoms with Crippen LogP contribution in [0.4, 0.5) is 5.69 Å². The Bertz CT molecular complexity index is 434. The van der Waals surface area contributed by atoms with E-state index in [1.807, 2.05) is 0 Å². The van der Waals surface area contributed by atoms with Crippen molar-refractivity contribution in [3.8, 4) is 0 Å². The van der Waals surface area contributed by atoms with Crippen LogP contribution in [0.15, 0.2) is 47.5 Å². The lowest BCUT2D eigenvalue weighted by Crippen LogP contribution is -2.09. The Morgan fingerprint density at radius 1 is 0.947 bits per heavy atom. The lowest BCUT2D eigenvalue weighted by molar-refractivity contribution is 0.893. The van der Waals surface area contributed by atoms with Crippen molar-refractivity contribution in [1.29, 1.82) is 0 Å². The smallest absolute Gasteiger partial charge is 0.0361 e. The Hall–Kier alpha value is -0.640. The van der Waals surface area contributed by atoms with Gasteiger partial charge in [-0.15, -0.1) is 0 Å². The molecule has 1 aliphatic rings. The maximum Gasteiger partial charge on any atom is 0.0361 e. The van der Waals surface area contributed by atoms with Crippen molar-refractivity contribution in [3.05, 3.63) is 47.5 Å². The molecule has 1 heterocycles. The van der Waals surface area contributed by atoms with E-state index in [0.29, 0.717) is 0 Å². The fourth-order valence-electron chi connectivity index (χ4n) is 2.00. The summed E-state index contributed by atoms with van der Waals surface area (Å²) in [6.45, 7) is 2.27. The topological polar surface area (TPSA) is 3.24 Å². The highest BCUT2D eigenvalue weighted by Crippen LogP contribution is 2.52. The highest BCUT2D eigenvalue weighted by atomic mass is 31.1. The van der Waals surface area contributed by atoms with Crippen molar-refractivity contribution in [1.82, 2.24) is 0 Å². The SMILES string of the molecule is CCCCP1C=CP(c2ccc(N(C)C)cc2)C=C1. The van der Waals surface area contributed by atoms with Gasteiger partial charge in [0.2, 0.25) is 0 Å². The summed E-state index contributed by atoms with van der Waals surface area (Å²) in [6, 6.07) is 8.98. The number of nitrogens with zero attached hydrogens (tertiary/aromatic N) is 1. The fraction of sp³-hybridized carbons (Fsp3) is 0.375. The molecule has 1 aliphatic heterocycles. The van der Waals surface area contributed by atoms with E-state index in [4.69, 9.17) is 0 Å².